The highest BCUT2D eigenvalue weighted by atomic mass is 127. The first kappa shape index (κ1) is 13.5. The van der Waals surface area contributed by atoms with Gasteiger partial charge in [-0.3, -0.25) is 4.79 Å². The molecule has 0 N–H and O–H groups in total. The minimum atomic E-state index is -0.00613. The summed E-state index contributed by atoms with van der Waals surface area (Å²) in [6, 6.07) is 0. The van der Waals surface area contributed by atoms with E-state index in [1.165, 1.54) is 3.58 Å². The summed E-state index contributed by atoms with van der Waals surface area (Å²) in [5, 5.41) is 0. The third kappa shape index (κ3) is 2.91. The van der Waals surface area contributed by atoms with Gasteiger partial charge in [-0.25, -0.2) is 0 Å². The van der Waals surface area contributed by atoms with Crippen molar-refractivity contribution in [2.75, 3.05) is 0 Å². The van der Waals surface area contributed by atoms with Crippen LogP contribution in [0.25, 0.3) is 0 Å². The van der Waals surface area contributed by atoms with Gasteiger partial charge in [0, 0.05) is 11.5 Å². The number of halogens is 1. The Morgan fingerprint density at radius 1 is 1.33 bits per heavy atom. The molecule has 1 atom stereocenters. The van der Waals surface area contributed by atoms with Gasteiger partial charge in [0.25, 0.3) is 0 Å². The van der Waals surface area contributed by atoms with E-state index >= 15 is 0 Å². The molecule has 94 valence electrons. The zero-order valence-electron chi connectivity index (χ0n) is 10.6. The normalized spacial score (nSPS) is 23.0. The molecule has 0 radical (unpaired) electrons. The van der Waals surface area contributed by atoms with Crippen molar-refractivity contribution < 1.29 is 4.79 Å². The molecular weight excluding hydrogens is 335 g/mol. The van der Waals surface area contributed by atoms with Gasteiger partial charge >= 0.3 is 0 Å². The molecule has 0 aromatic carbocycles. The van der Waals surface area contributed by atoms with E-state index in [1.54, 1.807) is 0 Å². The summed E-state index contributed by atoms with van der Waals surface area (Å²) in [7, 11) is 0. The molecule has 0 saturated heterocycles. The van der Waals surface area contributed by atoms with Crippen molar-refractivity contribution in [3.63, 3.8) is 0 Å². The molecule has 2 rings (SSSR count). The molecule has 2 aliphatic carbocycles. The molecule has 0 saturated carbocycles. The van der Waals surface area contributed by atoms with E-state index in [9.17, 15) is 4.79 Å². The topological polar surface area (TPSA) is 17.1 Å². The fourth-order valence-electron chi connectivity index (χ4n) is 2.28. The van der Waals surface area contributed by atoms with Gasteiger partial charge in [-0.05, 0) is 57.9 Å². The average Bonchev–Trinajstić information content (AvgIpc) is 2.38. The lowest BCUT2D eigenvalue weighted by Gasteiger charge is -2.20. The number of hydrogen-bond acceptors (Lipinski definition) is 1. The molecule has 1 nitrogen and oxygen atoms in total. The summed E-state index contributed by atoms with van der Waals surface area (Å²) in [5.74, 6) is 0.179. The van der Waals surface area contributed by atoms with Crippen LogP contribution in [0.1, 0.15) is 26.2 Å². The van der Waals surface area contributed by atoms with Gasteiger partial charge in [-0.2, -0.15) is 0 Å². The Kier molecular flexibility index (Phi) is 4.38. The number of carbonyl (C=O) groups excluding carboxylic acids is 1. The van der Waals surface area contributed by atoms with E-state index in [0.29, 0.717) is 5.57 Å². The van der Waals surface area contributed by atoms with Crippen LogP contribution in [-0.4, -0.2) is 5.78 Å². The first-order valence-corrected chi connectivity index (χ1v) is 7.29. The van der Waals surface area contributed by atoms with Gasteiger partial charge in [-0.1, -0.05) is 42.5 Å². The quantitative estimate of drug-likeness (QED) is 0.533. The molecule has 0 aromatic heterocycles. The zero-order chi connectivity index (χ0) is 13.1. The van der Waals surface area contributed by atoms with Crippen LogP contribution in [0.2, 0.25) is 0 Å². The fourth-order valence-corrected chi connectivity index (χ4v) is 2.73. The molecule has 0 unspecified atom stereocenters. The van der Waals surface area contributed by atoms with Crippen LogP contribution in [0.3, 0.4) is 0 Å². The van der Waals surface area contributed by atoms with Crippen LogP contribution >= 0.6 is 22.6 Å². The molecule has 0 heterocycles. The van der Waals surface area contributed by atoms with E-state index in [2.05, 4.69) is 41.3 Å². The van der Waals surface area contributed by atoms with Gasteiger partial charge < -0.3 is 0 Å². The lowest BCUT2D eigenvalue weighted by Crippen LogP contribution is -2.19. The van der Waals surface area contributed by atoms with Crippen LogP contribution in [0, 0.1) is 5.92 Å². The fraction of sp³-hybridized carbons (Fsp3) is 0.312. The van der Waals surface area contributed by atoms with Crippen molar-refractivity contribution in [3.8, 4) is 0 Å². The van der Waals surface area contributed by atoms with Crippen LogP contribution in [-0.2, 0) is 4.79 Å². The van der Waals surface area contributed by atoms with Gasteiger partial charge in [0.2, 0.25) is 0 Å². The highest BCUT2D eigenvalue weighted by Crippen LogP contribution is 2.31. The molecule has 0 amide bonds. The molecule has 2 heteroatoms. The number of carbonyl (C=O) groups is 1. The maximum absolute atomic E-state index is 12.5. The average molecular weight is 352 g/mol. The standard InChI is InChI=1S/C16H17IO/c1-11-5-3-4-6-15(11)16(18)12(2)13-7-9-14(17)10-8-13/h3-5,7,9,15H,2,6,8,10H2,1H3/t15-/m1/s1. The molecule has 0 fully saturated rings. The number of Topliss-reactive ketones (excluding diaryl/α,β-unsaturated/α-hetero) is 1. The summed E-state index contributed by atoms with van der Waals surface area (Å²) in [6.07, 6.45) is 13.0. The third-order valence-electron chi connectivity index (χ3n) is 3.52. The lowest BCUT2D eigenvalue weighted by atomic mass is 9.83. The van der Waals surface area contributed by atoms with Crippen LogP contribution in [0.15, 0.2) is 57.3 Å². The van der Waals surface area contributed by atoms with E-state index in [1.807, 2.05) is 25.2 Å². The summed E-state index contributed by atoms with van der Waals surface area (Å²) in [4.78, 5) is 12.5. The first-order valence-electron chi connectivity index (χ1n) is 6.21. The Hall–Kier alpha value is -0.900. The highest BCUT2D eigenvalue weighted by molar-refractivity contribution is 14.1. The van der Waals surface area contributed by atoms with Crippen molar-refractivity contribution in [2.45, 2.75) is 26.2 Å². The highest BCUT2D eigenvalue weighted by Gasteiger charge is 2.24. The van der Waals surface area contributed by atoms with Crippen molar-refractivity contribution in [1.82, 2.24) is 0 Å². The first-order chi connectivity index (χ1) is 8.59. The number of ketones is 1. The molecule has 18 heavy (non-hydrogen) atoms. The predicted octanol–water partition coefficient (Wildman–Crippen LogP) is 4.67. The predicted molar refractivity (Wildman–Crippen MR) is 84.6 cm³/mol. The molecule has 0 aromatic rings. The number of allylic oxidation sites excluding steroid dienone is 9. The second-order valence-electron chi connectivity index (χ2n) is 4.78. The van der Waals surface area contributed by atoms with Gasteiger partial charge in [-0.15, -0.1) is 0 Å². The Morgan fingerprint density at radius 3 is 2.72 bits per heavy atom. The number of rotatable bonds is 3. The Balaban J connectivity index is 2.13. The molecule has 0 bridgehead atoms. The second kappa shape index (κ2) is 5.83. The second-order valence-corrected chi connectivity index (χ2v) is 6.16. The van der Waals surface area contributed by atoms with E-state index in [-0.39, 0.29) is 11.7 Å². The summed E-state index contributed by atoms with van der Waals surface area (Å²) >= 11 is 2.34. The summed E-state index contributed by atoms with van der Waals surface area (Å²) in [5.41, 5.74) is 2.94. The minimum absolute atomic E-state index is 0.00613. The molecule has 0 aliphatic heterocycles. The van der Waals surface area contributed by atoms with Crippen molar-refractivity contribution in [1.29, 1.82) is 0 Å². The maximum atomic E-state index is 12.5. The van der Waals surface area contributed by atoms with Gasteiger partial charge in [0.05, 0.1) is 0 Å². The van der Waals surface area contributed by atoms with Gasteiger partial charge in [0.15, 0.2) is 5.78 Å². The van der Waals surface area contributed by atoms with Crippen LogP contribution in [0.4, 0.5) is 0 Å². The minimum Gasteiger partial charge on any atom is -0.294 e. The summed E-state index contributed by atoms with van der Waals surface area (Å²) < 4.78 is 1.34. The zero-order valence-corrected chi connectivity index (χ0v) is 12.7. The Morgan fingerprint density at radius 2 is 2.11 bits per heavy atom. The lowest BCUT2D eigenvalue weighted by molar-refractivity contribution is -0.117. The van der Waals surface area contributed by atoms with Crippen molar-refractivity contribution in [3.05, 3.63) is 57.3 Å². The molecule has 0 spiro atoms. The summed E-state index contributed by atoms with van der Waals surface area (Å²) in [6.45, 7) is 6.04. The monoisotopic (exact) mass is 352 g/mol. The number of hydrogen-bond donors (Lipinski definition) is 0. The Bertz CT molecular complexity index is 503. The van der Waals surface area contributed by atoms with Gasteiger partial charge in [0.1, 0.15) is 0 Å². The van der Waals surface area contributed by atoms with E-state index in [0.717, 1.165) is 30.4 Å². The van der Waals surface area contributed by atoms with E-state index < -0.39 is 0 Å². The largest absolute Gasteiger partial charge is 0.294 e. The van der Waals surface area contributed by atoms with Crippen LogP contribution < -0.4 is 0 Å². The van der Waals surface area contributed by atoms with Crippen LogP contribution in [0.5, 0.6) is 0 Å². The molecular formula is C16H17IO. The Labute approximate surface area is 122 Å². The van der Waals surface area contributed by atoms with Crippen molar-refractivity contribution >= 4 is 28.4 Å². The third-order valence-corrected chi connectivity index (χ3v) is 4.42. The van der Waals surface area contributed by atoms with Crippen molar-refractivity contribution in [2.24, 2.45) is 5.92 Å². The SMILES string of the molecule is C=C(C(=O)[C@@H]1CC=CC=C1C)C1=CC=C(I)CC1. The molecule has 2 aliphatic rings. The maximum Gasteiger partial charge on any atom is 0.169 e. The van der Waals surface area contributed by atoms with E-state index in [4.69, 9.17) is 0 Å². The smallest absolute Gasteiger partial charge is 0.169 e.